The van der Waals surface area contributed by atoms with Gasteiger partial charge in [0.25, 0.3) is 0 Å². The van der Waals surface area contributed by atoms with Crippen LogP contribution >= 0.6 is 24.2 Å². The van der Waals surface area contributed by atoms with Crippen LogP contribution in [0.1, 0.15) is 0 Å². The lowest BCUT2D eigenvalue weighted by molar-refractivity contribution is 1.39. The van der Waals surface area contributed by atoms with Gasteiger partial charge in [-0.15, -0.1) is 12.6 Å². The Hall–Kier alpha value is -0.730. The molecule has 1 nitrogen and oxygen atoms in total. The average Bonchev–Trinajstić information content (AvgIpc) is 2.07. The number of aromatic nitrogens is 1. The third kappa shape index (κ3) is 1.28. The van der Waals surface area contributed by atoms with Gasteiger partial charge < -0.3 is 0 Å². The minimum absolute atomic E-state index is 0.718. The number of nitrogens with zero attached hydrogens (tertiary/aromatic N) is 1. The van der Waals surface area contributed by atoms with E-state index in [1.54, 1.807) is 12.3 Å². The first-order valence-corrected chi connectivity index (χ1v) is 4.33. The van der Waals surface area contributed by atoms with E-state index in [4.69, 9.17) is 11.6 Å². The predicted octanol–water partition coefficient (Wildman–Crippen LogP) is 3.18. The fourth-order valence-corrected chi connectivity index (χ4v) is 1.51. The number of thiol groups is 1. The number of pyridine rings is 1. The normalized spacial score (nSPS) is 10.5. The van der Waals surface area contributed by atoms with Crippen LogP contribution < -0.4 is 0 Å². The van der Waals surface area contributed by atoms with Crippen molar-refractivity contribution in [3.05, 3.63) is 35.5 Å². The highest BCUT2D eigenvalue weighted by Crippen LogP contribution is 2.23. The highest BCUT2D eigenvalue weighted by Gasteiger charge is 1.98. The van der Waals surface area contributed by atoms with Crippen molar-refractivity contribution >= 4 is 35.1 Å². The molecule has 0 aliphatic rings. The minimum atomic E-state index is 0.718. The molecule has 0 atom stereocenters. The molecule has 0 saturated carbocycles. The van der Waals surface area contributed by atoms with Gasteiger partial charge >= 0.3 is 0 Å². The van der Waals surface area contributed by atoms with E-state index in [-0.39, 0.29) is 0 Å². The van der Waals surface area contributed by atoms with E-state index in [1.807, 2.05) is 18.2 Å². The number of halogens is 1. The fourth-order valence-electron chi connectivity index (χ4n) is 1.10. The molecule has 0 aliphatic heterocycles. The van der Waals surface area contributed by atoms with Crippen molar-refractivity contribution in [3.63, 3.8) is 0 Å². The van der Waals surface area contributed by atoms with Crippen molar-refractivity contribution < 1.29 is 0 Å². The van der Waals surface area contributed by atoms with Crippen LogP contribution in [-0.2, 0) is 0 Å². The van der Waals surface area contributed by atoms with Crippen LogP contribution in [0.3, 0.4) is 0 Å². The number of hydrogen-bond acceptors (Lipinski definition) is 2. The summed E-state index contributed by atoms with van der Waals surface area (Å²) in [5.41, 5.74) is 0.903. The van der Waals surface area contributed by atoms with Crippen molar-refractivity contribution in [2.75, 3.05) is 0 Å². The van der Waals surface area contributed by atoms with Crippen molar-refractivity contribution in [2.24, 2.45) is 0 Å². The van der Waals surface area contributed by atoms with Gasteiger partial charge in [0.15, 0.2) is 0 Å². The van der Waals surface area contributed by atoms with Gasteiger partial charge in [0.1, 0.15) is 0 Å². The molecule has 1 heterocycles. The van der Waals surface area contributed by atoms with E-state index in [1.165, 1.54) is 0 Å². The lowest BCUT2D eigenvalue weighted by Gasteiger charge is -1.99. The highest BCUT2D eigenvalue weighted by molar-refractivity contribution is 7.80. The van der Waals surface area contributed by atoms with Crippen LogP contribution in [0.25, 0.3) is 10.9 Å². The summed E-state index contributed by atoms with van der Waals surface area (Å²) in [5.74, 6) is 0. The fraction of sp³-hybridized carbons (Fsp3) is 0. The first-order valence-electron chi connectivity index (χ1n) is 3.50. The van der Waals surface area contributed by atoms with Crippen LogP contribution in [0.15, 0.2) is 35.4 Å². The van der Waals surface area contributed by atoms with Gasteiger partial charge in [-0.2, -0.15) is 0 Å². The second kappa shape index (κ2) is 2.96. The van der Waals surface area contributed by atoms with Gasteiger partial charge in [-0.3, -0.25) is 4.98 Å². The molecular weight excluding hydrogens is 190 g/mol. The summed E-state index contributed by atoms with van der Waals surface area (Å²) < 4.78 is 0. The first-order chi connectivity index (χ1) is 5.77. The van der Waals surface area contributed by atoms with Gasteiger partial charge in [0.05, 0.1) is 10.5 Å². The number of benzene rings is 1. The molecule has 2 rings (SSSR count). The van der Waals surface area contributed by atoms with Crippen molar-refractivity contribution in [1.82, 2.24) is 4.98 Å². The minimum Gasteiger partial charge on any atom is -0.256 e. The summed E-state index contributed by atoms with van der Waals surface area (Å²) in [6.07, 6.45) is 1.70. The molecule has 60 valence electrons. The first kappa shape index (κ1) is 7.90. The zero-order valence-corrected chi connectivity index (χ0v) is 7.81. The van der Waals surface area contributed by atoms with Gasteiger partial charge in [-0.25, -0.2) is 0 Å². The zero-order chi connectivity index (χ0) is 8.55. The summed E-state index contributed by atoms with van der Waals surface area (Å²) in [6.45, 7) is 0. The summed E-state index contributed by atoms with van der Waals surface area (Å²) in [6, 6.07) is 7.49. The molecule has 2 aromatic rings. The Kier molecular flexibility index (Phi) is 1.95. The molecule has 0 spiro atoms. The van der Waals surface area contributed by atoms with Crippen molar-refractivity contribution in [2.45, 2.75) is 4.90 Å². The largest absolute Gasteiger partial charge is 0.256 e. The maximum absolute atomic E-state index is 5.96. The summed E-state index contributed by atoms with van der Waals surface area (Å²) in [5, 5.41) is 1.67. The topological polar surface area (TPSA) is 12.9 Å². The van der Waals surface area contributed by atoms with E-state index < -0.39 is 0 Å². The number of hydrogen-bond donors (Lipinski definition) is 1. The van der Waals surface area contributed by atoms with Crippen molar-refractivity contribution in [3.8, 4) is 0 Å². The zero-order valence-electron chi connectivity index (χ0n) is 6.16. The maximum atomic E-state index is 5.96. The van der Waals surface area contributed by atoms with E-state index >= 15 is 0 Å². The summed E-state index contributed by atoms with van der Waals surface area (Å²) in [4.78, 5) is 5.07. The van der Waals surface area contributed by atoms with Gasteiger partial charge in [0, 0.05) is 16.5 Å². The Labute approximate surface area is 80.8 Å². The Bertz CT molecular complexity index is 428. The van der Waals surface area contributed by atoms with E-state index in [2.05, 4.69) is 17.6 Å². The SMILES string of the molecule is Sc1ccc2nccc(Cl)c2c1. The number of fused-ring (bicyclic) bond motifs is 1. The molecule has 0 bridgehead atoms. The van der Waals surface area contributed by atoms with Gasteiger partial charge in [-0.1, -0.05) is 11.6 Å². The third-order valence-electron chi connectivity index (χ3n) is 1.67. The van der Waals surface area contributed by atoms with Crippen molar-refractivity contribution in [1.29, 1.82) is 0 Å². The smallest absolute Gasteiger partial charge is 0.0717 e. The molecule has 3 heteroatoms. The molecule has 1 aromatic carbocycles. The Morgan fingerprint density at radius 3 is 2.92 bits per heavy atom. The monoisotopic (exact) mass is 195 g/mol. The van der Waals surface area contributed by atoms with Crippen LogP contribution in [0.5, 0.6) is 0 Å². The Morgan fingerprint density at radius 1 is 1.25 bits per heavy atom. The van der Waals surface area contributed by atoms with Crippen LogP contribution in [0.4, 0.5) is 0 Å². The Morgan fingerprint density at radius 2 is 2.08 bits per heavy atom. The van der Waals surface area contributed by atoms with E-state index in [0.29, 0.717) is 0 Å². The molecular formula is C9H6ClNS. The maximum Gasteiger partial charge on any atom is 0.0717 e. The lowest BCUT2D eigenvalue weighted by Crippen LogP contribution is -1.78. The third-order valence-corrected chi connectivity index (χ3v) is 2.28. The quantitative estimate of drug-likeness (QED) is 0.638. The molecule has 0 radical (unpaired) electrons. The molecule has 0 amide bonds. The molecule has 0 unspecified atom stereocenters. The van der Waals surface area contributed by atoms with E-state index in [0.717, 1.165) is 20.8 Å². The van der Waals surface area contributed by atoms with Gasteiger partial charge in [-0.05, 0) is 24.3 Å². The second-order valence-corrected chi connectivity index (χ2v) is 3.42. The van der Waals surface area contributed by atoms with Crippen LogP contribution in [0, 0.1) is 0 Å². The summed E-state index contributed by atoms with van der Waals surface area (Å²) >= 11 is 10.2. The van der Waals surface area contributed by atoms with Crippen LogP contribution in [0.2, 0.25) is 5.02 Å². The second-order valence-electron chi connectivity index (χ2n) is 2.49. The van der Waals surface area contributed by atoms with Gasteiger partial charge in [0.2, 0.25) is 0 Å². The lowest BCUT2D eigenvalue weighted by atomic mass is 10.2. The molecule has 12 heavy (non-hydrogen) atoms. The molecule has 0 fully saturated rings. The predicted molar refractivity (Wildman–Crippen MR) is 54.0 cm³/mol. The standard InChI is InChI=1S/C9H6ClNS/c10-8-3-4-11-9-2-1-6(12)5-7(8)9/h1-5,12H. The average molecular weight is 196 g/mol. The summed E-state index contributed by atoms with van der Waals surface area (Å²) in [7, 11) is 0. The Balaban J connectivity index is 2.88. The van der Waals surface area contributed by atoms with E-state index in [9.17, 15) is 0 Å². The molecule has 1 aromatic heterocycles. The van der Waals surface area contributed by atoms with Crippen LogP contribution in [-0.4, -0.2) is 4.98 Å². The molecule has 0 saturated heterocycles. The molecule has 0 aliphatic carbocycles. The number of rotatable bonds is 0. The highest BCUT2D eigenvalue weighted by atomic mass is 35.5. The molecule has 0 N–H and O–H groups in total.